The van der Waals surface area contributed by atoms with Gasteiger partial charge in [-0.05, 0) is 25.7 Å². The molecule has 0 spiro atoms. The zero-order valence-electron chi connectivity index (χ0n) is 13.3. The van der Waals surface area contributed by atoms with Crippen LogP contribution in [0.15, 0.2) is 0 Å². The molecule has 0 aromatic rings. The monoisotopic (exact) mass is 296 g/mol. The SMILES string of the molecule is CN(C)C(=O)C1CCCN(C(=O)CC2(O)CCCCC2)C1. The summed E-state index contributed by atoms with van der Waals surface area (Å²) in [6, 6.07) is 0. The molecule has 21 heavy (non-hydrogen) atoms. The third-order valence-electron chi connectivity index (χ3n) is 4.83. The number of likely N-dealkylation sites (tertiary alicyclic amines) is 1. The molecule has 5 heteroatoms. The molecular formula is C16H28N2O3. The van der Waals surface area contributed by atoms with Gasteiger partial charge >= 0.3 is 0 Å². The molecule has 1 heterocycles. The van der Waals surface area contributed by atoms with E-state index in [9.17, 15) is 14.7 Å². The van der Waals surface area contributed by atoms with E-state index in [1.54, 1.807) is 23.9 Å². The first kappa shape index (κ1) is 16.3. The summed E-state index contributed by atoms with van der Waals surface area (Å²) in [5.74, 6) is 0.0261. The van der Waals surface area contributed by atoms with Crippen LogP contribution < -0.4 is 0 Å². The molecular weight excluding hydrogens is 268 g/mol. The number of nitrogens with zero attached hydrogens (tertiary/aromatic N) is 2. The first-order valence-corrected chi connectivity index (χ1v) is 8.13. The summed E-state index contributed by atoms with van der Waals surface area (Å²) in [5, 5.41) is 10.5. The fourth-order valence-electron chi connectivity index (χ4n) is 3.55. The summed E-state index contributed by atoms with van der Waals surface area (Å²) in [7, 11) is 3.52. The van der Waals surface area contributed by atoms with E-state index in [4.69, 9.17) is 0 Å². The Bertz CT molecular complexity index is 389. The highest BCUT2D eigenvalue weighted by molar-refractivity contribution is 5.81. The lowest BCUT2D eigenvalue weighted by molar-refractivity contribution is -0.143. The lowest BCUT2D eigenvalue weighted by Gasteiger charge is -2.37. The molecule has 1 aliphatic heterocycles. The van der Waals surface area contributed by atoms with Crippen molar-refractivity contribution in [2.45, 2.75) is 57.0 Å². The smallest absolute Gasteiger partial charge is 0.226 e. The molecule has 2 aliphatic rings. The molecule has 2 amide bonds. The van der Waals surface area contributed by atoms with Crippen LogP contribution in [-0.2, 0) is 9.59 Å². The number of piperidine rings is 1. The third-order valence-corrected chi connectivity index (χ3v) is 4.83. The van der Waals surface area contributed by atoms with Gasteiger partial charge in [0.2, 0.25) is 11.8 Å². The molecule has 1 saturated carbocycles. The van der Waals surface area contributed by atoms with Crippen LogP contribution in [0.2, 0.25) is 0 Å². The summed E-state index contributed by atoms with van der Waals surface area (Å²) in [6.45, 7) is 1.22. The van der Waals surface area contributed by atoms with Crippen LogP contribution in [-0.4, -0.2) is 59.5 Å². The van der Waals surface area contributed by atoms with Gasteiger partial charge in [0.25, 0.3) is 0 Å². The second-order valence-corrected chi connectivity index (χ2v) is 6.87. The van der Waals surface area contributed by atoms with Gasteiger partial charge in [-0.1, -0.05) is 19.3 Å². The van der Waals surface area contributed by atoms with Gasteiger partial charge in [-0.3, -0.25) is 9.59 Å². The predicted octanol–water partition coefficient (Wildman–Crippen LogP) is 1.40. The highest BCUT2D eigenvalue weighted by Crippen LogP contribution is 2.32. The first-order chi connectivity index (χ1) is 9.91. The van der Waals surface area contributed by atoms with Crippen LogP contribution in [0.1, 0.15) is 51.4 Å². The van der Waals surface area contributed by atoms with Crippen molar-refractivity contribution >= 4 is 11.8 Å². The zero-order chi connectivity index (χ0) is 15.5. The number of rotatable bonds is 3. The summed E-state index contributed by atoms with van der Waals surface area (Å²) in [6.07, 6.45) is 6.56. The Morgan fingerprint density at radius 1 is 1.19 bits per heavy atom. The van der Waals surface area contributed by atoms with Gasteiger partial charge in [-0.15, -0.1) is 0 Å². The van der Waals surface area contributed by atoms with Crippen LogP contribution >= 0.6 is 0 Å². The normalized spacial score (nSPS) is 25.5. The average Bonchev–Trinajstić information content (AvgIpc) is 2.46. The first-order valence-electron chi connectivity index (χ1n) is 8.13. The van der Waals surface area contributed by atoms with E-state index in [2.05, 4.69) is 0 Å². The number of hydrogen-bond acceptors (Lipinski definition) is 3. The molecule has 1 unspecified atom stereocenters. The minimum Gasteiger partial charge on any atom is -0.389 e. The Hall–Kier alpha value is -1.10. The third kappa shape index (κ3) is 4.19. The van der Waals surface area contributed by atoms with Gasteiger partial charge < -0.3 is 14.9 Å². The fourth-order valence-corrected chi connectivity index (χ4v) is 3.55. The summed E-state index contributed by atoms with van der Waals surface area (Å²) in [5.41, 5.74) is -0.812. The Labute approximate surface area is 127 Å². The Kier molecular flexibility index (Phi) is 5.25. The van der Waals surface area contributed by atoms with Crippen molar-refractivity contribution in [3.8, 4) is 0 Å². The average molecular weight is 296 g/mol. The van der Waals surface area contributed by atoms with Crippen molar-refractivity contribution in [3.05, 3.63) is 0 Å². The Morgan fingerprint density at radius 2 is 1.86 bits per heavy atom. The Balaban J connectivity index is 1.91. The van der Waals surface area contributed by atoms with E-state index >= 15 is 0 Å². The number of carbonyl (C=O) groups excluding carboxylic acids is 2. The highest BCUT2D eigenvalue weighted by Gasteiger charge is 2.35. The second-order valence-electron chi connectivity index (χ2n) is 6.87. The van der Waals surface area contributed by atoms with E-state index < -0.39 is 5.60 Å². The zero-order valence-corrected chi connectivity index (χ0v) is 13.3. The van der Waals surface area contributed by atoms with Crippen molar-refractivity contribution in [2.24, 2.45) is 5.92 Å². The van der Waals surface area contributed by atoms with E-state index in [0.29, 0.717) is 13.1 Å². The molecule has 1 aliphatic carbocycles. The van der Waals surface area contributed by atoms with E-state index in [0.717, 1.165) is 44.9 Å². The van der Waals surface area contributed by atoms with Crippen LogP contribution in [0, 0.1) is 5.92 Å². The largest absolute Gasteiger partial charge is 0.389 e. The maximum Gasteiger partial charge on any atom is 0.226 e. The quantitative estimate of drug-likeness (QED) is 0.856. The van der Waals surface area contributed by atoms with E-state index in [1.165, 1.54) is 0 Å². The van der Waals surface area contributed by atoms with E-state index in [1.807, 2.05) is 0 Å². The standard InChI is InChI=1S/C16H28N2O3/c1-17(2)15(20)13-7-6-10-18(12-13)14(19)11-16(21)8-4-3-5-9-16/h13,21H,3-12H2,1-2H3. The topological polar surface area (TPSA) is 60.9 Å². The minimum absolute atomic E-state index is 0.00987. The lowest BCUT2D eigenvalue weighted by Crippen LogP contribution is -2.47. The molecule has 2 fully saturated rings. The van der Waals surface area contributed by atoms with Crippen LogP contribution in [0.5, 0.6) is 0 Å². The minimum atomic E-state index is -0.812. The number of amides is 2. The van der Waals surface area contributed by atoms with Crippen molar-refractivity contribution in [2.75, 3.05) is 27.2 Å². The molecule has 1 saturated heterocycles. The van der Waals surface area contributed by atoms with Crippen LogP contribution in [0.4, 0.5) is 0 Å². The fraction of sp³-hybridized carbons (Fsp3) is 0.875. The van der Waals surface area contributed by atoms with Crippen LogP contribution in [0.3, 0.4) is 0 Å². The summed E-state index contributed by atoms with van der Waals surface area (Å²) in [4.78, 5) is 27.9. The summed E-state index contributed by atoms with van der Waals surface area (Å²) >= 11 is 0. The number of carbonyl (C=O) groups is 2. The molecule has 0 bridgehead atoms. The summed E-state index contributed by atoms with van der Waals surface area (Å²) < 4.78 is 0. The van der Waals surface area contributed by atoms with Gasteiger partial charge in [0, 0.05) is 27.2 Å². The van der Waals surface area contributed by atoms with Crippen molar-refractivity contribution in [3.63, 3.8) is 0 Å². The maximum atomic E-state index is 12.5. The second kappa shape index (κ2) is 6.77. The van der Waals surface area contributed by atoms with Gasteiger partial charge in [-0.2, -0.15) is 0 Å². The van der Waals surface area contributed by atoms with Gasteiger partial charge in [0.1, 0.15) is 0 Å². The molecule has 120 valence electrons. The molecule has 0 aromatic carbocycles. The molecule has 2 rings (SSSR count). The van der Waals surface area contributed by atoms with Crippen molar-refractivity contribution in [1.82, 2.24) is 9.80 Å². The Morgan fingerprint density at radius 3 is 2.48 bits per heavy atom. The molecule has 0 aromatic heterocycles. The van der Waals surface area contributed by atoms with Gasteiger partial charge in [0.05, 0.1) is 17.9 Å². The number of aliphatic hydroxyl groups is 1. The molecule has 1 atom stereocenters. The maximum absolute atomic E-state index is 12.5. The molecule has 1 N–H and O–H groups in total. The molecule has 5 nitrogen and oxygen atoms in total. The predicted molar refractivity (Wildman–Crippen MR) is 80.6 cm³/mol. The van der Waals surface area contributed by atoms with Crippen molar-refractivity contribution < 1.29 is 14.7 Å². The highest BCUT2D eigenvalue weighted by atomic mass is 16.3. The number of hydrogen-bond donors (Lipinski definition) is 1. The van der Waals surface area contributed by atoms with Crippen LogP contribution in [0.25, 0.3) is 0 Å². The van der Waals surface area contributed by atoms with Crippen molar-refractivity contribution in [1.29, 1.82) is 0 Å². The van der Waals surface area contributed by atoms with Gasteiger partial charge in [-0.25, -0.2) is 0 Å². The molecule has 0 radical (unpaired) electrons. The van der Waals surface area contributed by atoms with E-state index in [-0.39, 0.29) is 24.2 Å². The van der Waals surface area contributed by atoms with Gasteiger partial charge in [0.15, 0.2) is 0 Å². The lowest BCUT2D eigenvalue weighted by atomic mass is 9.82.